The first-order chi connectivity index (χ1) is 12.6. The molecule has 1 amide bonds. The second kappa shape index (κ2) is 8.31. The molecule has 3 rings (SSSR count). The number of ether oxygens (including phenoxy) is 1. The molecular formula is C20H22N4O2. The Morgan fingerprint density at radius 2 is 1.88 bits per heavy atom. The third-order valence-corrected chi connectivity index (χ3v) is 3.82. The van der Waals surface area contributed by atoms with Crippen molar-refractivity contribution in [2.45, 2.75) is 0 Å². The fourth-order valence-electron chi connectivity index (χ4n) is 2.46. The van der Waals surface area contributed by atoms with Crippen LogP contribution in [0.2, 0.25) is 0 Å². The molecule has 0 atom stereocenters. The van der Waals surface area contributed by atoms with Crippen LogP contribution in [0.4, 0.5) is 5.69 Å². The van der Waals surface area contributed by atoms with E-state index in [2.05, 4.69) is 15.3 Å². The van der Waals surface area contributed by atoms with Gasteiger partial charge >= 0.3 is 0 Å². The first-order valence-electron chi connectivity index (χ1n) is 8.41. The SMILES string of the molecule is CN(C)CCOc1ccc(NC(=O)c2ccccc2-n2cccn2)cc1. The van der Waals surface area contributed by atoms with Crippen molar-refractivity contribution < 1.29 is 9.53 Å². The molecule has 0 spiro atoms. The van der Waals surface area contributed by atoms with E-state index >= 15 is 0 Å². The van der Waals surface area contributed by atoms with Crippen LogP contribution in [0.15, 0.2) is 67.0 Å². The third kappa shape index (κ3) is 4.49. The van der Waals surface area contributed by atoms with Gasteiger partial charge in [0, 0.05) is 24.6 Å². The van der Waals surface area contributed by atoms with Crippen LogP contribution in [0, 0.1) is 0 Å². The molecule has 0 saturated heterocycles. The number of hydrogen-bond donors (Lipinski definition) is 1. The largest absolute Gasteiger partial charge is 0.492 e. The van der Waals surface area contributed by atoms with Gasteiger partial charge in [0.1, 0.15) is 12.4 Å². The zero-order valence-corrected chi connectivity index (χ0v) is 14.9. The molecule has 1 heterocycles. The number of amides is 1. The molecule has 0 unspecified atom stereocenters. The van der Waals surface area contributed by atoms with E-state index in [1.165, 1.54) is 0 Å². The van der Waals surface area contributed by atoms with Crippen molar-refractivity contribution in [1.82, 2.24) is 14.7 Å². The van der Waals surface area contributed by atoms with Gasteiger partial charge in [-0.25, -0.2) is 4.68 Å². The van der Waals surface area contributed by atoms with Crippen molar-refractivity contribution in [1.29, 1.82) is 0 Å². The highest BCUT2D eigenvalue weighted by Gasteiger charge is 2.12. The normalized spacial score (nSPS) is 10.7. The Hall–Kier alpha value is -3.12. The second-order valence-corrected chi connectivity index (χ2v) is 6.10. The molecule has 0 aliphatic rings. The summed E-state index contributed by atoms with van der Waals surface area (Å²) in [5, 5.41) is 7.12. The summed E-state index contributed by atoms with van der Waals surface area (Å²) in [5.41, 5.74) is 2.01. The van der Waals surface area contributed by atoms with Gasteiger partial charge in [-0.15, -0.1) is 0 Å². The van der Waals surface area contributed by atoms with E-state index in [1.807, 2.05) is 68.8 Å². The molecular weight excluding hydrogens is 328 g/mol. The molecule has 0 fully saturated rings. The highest BCUT2D eigenvalue weighted by Crippen LogP contribution is 2.19. The van der Waals surface area contributed by atoms with Crippen molar-refractivity contribution in [2.24, 2.45) is 0 Å². The number of carbonyl (C=O) groups is 1. The molecule has 0 saturated carbocycles. The van der Waals surface area contributed by atoms with Crippen LogP contribution in [-0.4, -0.2) is 47.8 Å². The van der Waals surface area contributed by atoms with E-state index in [1.54, 1.807) is 16.9 Å². The number of hydrogen-bond acceptors (Lipinski definition) is 4. The highest BCUT2D eigenvalue weighted by atomic mass is 16.5. The highest BCUT2D eigenvalue weighted by molar-refractivity contribution is 6.06. The topological polar surface area (TPSA) is 59.4 Å². The van der Waals surface area contributed by atoms with Gasteiger partial charge < -0.3 is 15.0 Å². The standard InChI is InChI=1S/C20H22N4O2/c1-23(2)14-15-26-17-10-8-16(9-11-17)22-20(25)18-6-3-4-7-19(18)24-13-5-12-21-24/h3-13H,14-15H2,1-2H3,(H,22,25). The lowest BCUT2D eigenvalue weighted by Crippen LogP contribution is -2.19. The third-order valence-electron chi connectivity index (χ3n) is 3.82. The Labute approximate surface area is 153 Å². The van der Waals surface area contributed by atoms with Crippen molar-refractivity contribution in [3.63, 3.8) is 0 Å². The lowest BCUT2D eigenvalue weighted by molar-refractivity contribution is 0.102. The molecule has 26 heavy (non-hydrogen) atoms. The summed E-state index contributed by atoms with van der Waals surface area (Å²) < 4.78 is 7.34. The molecule has 6 nitrogen and oxygen atoms in total. The first-order valence-corrected chi connectivity index (χ1v) is 8.41. The number of benzene rings is 2. The average Bonchev–Trinajstić information content (AvgIpc) is 3.17. The summed E-state index contributed by atoms with van der Waals surface area (Å²) >= 11 is 0. The zero-order chi connectivity index (χ0) is 18.4. The molecule has 6 heteroatoms. The van der Waals surface area contributed by atoms with Crippen LogP contribution in [0.3, 0.4) is 0 Å². The van der Waals surface area contributed by atoms with E-state index in [-0.39, 0.29) is 5.91 Å². The zero-order valence-electron chi connectivity index (χ0n) is 14.9. The molecule has 0 aliphatic carbocycles. The number of nitrogens with one attached hydrogen (secondary N) is 1. The quantitative estimate of drug-likeness (QED) is 0.711. The number of nitrogens with zero attached hydrogens (tertiary/aromatic N) is 3. The van der Waals surface area contributed by atoms with Gasteiger partial charge in [-0.1, -0.05) is 12.1 Å². The number of para-hydroxylation sites is 1. The van der Waals surface area contributed by atoms with Crippen molar-refractivity contribution >= 4 is 11.6 Å². The Kier molecular flexibility index (Phi) is 5.66. The summed E-state index contributed by atoms with van der Waals surface area (Å²) in [7, 11) is 4.01. The molecule has 2 aromatic carbocycles. The first kappa shape index (κ1) is 17.7. The molecule has 0 aliphatic heterocycles. The number of carbonyl (C=O) groups excluding carboxylic acids is 1. The molecule has 0 radical (unpaired) electrons. The van der Waals surface area contributed by atoms with Crippen LogP contribution < -0.4 is 10.1 Å². The summed E-state index contributed by atoms with van der Waals surface area (Å²) in [5.74, 6) is 0.596. The fraction of sp³-hybridized carbons (Fsp3) is 0.200. The summed E-state index contributed by atoms with van der Waals surface area (Å²) in [4.78, 5) is 14.7. The fourth-order valence-corrected chi connectivity index (χ4v) is 2.46. The van der Waals surface area contributed by atoms with Gasteiger partial charge in [0.25, 0.3) is 5.91 Å². The number of rotatable bonds is 7. The maximum Gasteiger partial charge on any atom is 0.257 e. The lowest BCUT2D eigenvalue weighted by Gasteiger charge is -2.12. The minimum Gasteiger partial charge on any atom is -0.492 e. The van der Waals surface area contributed by atoms with E-state index in [9.17, 15) is 4.79 Å². The van der Waals surface area contributed by atoms with Crippen molar-refractivity contribution in [3.05, 3.63) is 72.6 Å². The number of likely N-dealkylation sites (N-methyl/N-ethyl adjacent to an activating group) is 1. The number of anilines is 1. The minimum absolute atomic E-state index is 0.183. The minimum atomic E-state index is -0.183. The van der Waals surface area contributed by atoms with Gasteiger partial charge in [0.15, 0.2) is 0 Å². The number of aromatic nitrogens is 2. The average molecular weight is 350 g/mol. The summed E-state index contributed by atoms with van der Waals surface area (Å²) in [6.45, 7) is 1.47. The van der Waals surface area contributed by atoms with Crippen LogP contribution in [-0.2, 0) is 0 Å². The van der Waals surface area contributed by atoms with Crippen LogP contribution in [0.1, 0.15) is 10.4 Å². The Morgan fingerprint density at radius 3 is 2.58 bits per heavy atom. The van der Waals surface area contributed by atoms with E-state index in [0.29, 0.717) is 17.9 Å². The van der Waals surface area contributed by atoms with Gasteiger partial charge in [-0.3, -0.25) is 4.79 Å². The Bertz CT molecular complexity index is 843. The molecule has 0 bridgehead atoms. The Balaban J connectivity index is 1.67. The predicted octanol–water partition coefficient (Wildman–Crippen LogP) is 3.07. The molecule has 1 N–H and O–H groups in total. The van der Waals surface area contributed by atoms with E-state index in [4.69, 9.17) is 4.74 Å². The van der Waals surface area contributed by atoms with Gasteiger partial charge in [-0.05, 0) is 56.6 Å². The smallest absolute Gasteiger partial charge is 0.257 e. The maximum absolute atomic E-state index is 12.7. The van der Waals surface area contributed by atoms with Gasteiger partial charge in [-0.2, -0.15) is 5.10 Å². The van der Waals surface area contributed by atoms with Gasteiger partial charge in [0.05, 0.1) is 11.3 Å². The van der Waals surface area contributed by atoms with Crippen LogP contribution in [0.5, 0.6) is 5.75 Å². The van der Waals surface area contributed by atoms with Crippen molar-refractivity contribution in [3.8, 4) is 11.4 Å². The van der Waals surface area contributed by atoms with E-state index in [0.717, 1.165) is 18.0 Å². The lowest BCUT2D eigenvalue weighted by atomic mass is 10.1. The summed E-state index contributed by atoms with van der Waals surface area (Å²) in [6.07, 6.45) is 3.50. The van der Waals surface area contributed by atoms with E-state index < -0.39 is 0 Å². The monoisotopic (exact) mass is 350 g/mol. The second-order valence-electron chi connectivity index (χ2n) is 6.10. The molecule has 3 aromatic rings. The van der Waals surface area contributed by atoms with Gasteiger partial charge in [0.2, 0.25) is 0 Å². The molecule has 134 valence electrons. The van der Waals surface area contributed by atoms with Crippen LogP contribution >= 0.6 is 0 Å². The van der Waals surface area contributed by atoms with Crippen LogP contribution in [0.25, 0.3) is 5.69 Å². The Morgan fingerprint density at radius 1 is 1.12 bits per heavy atom. The molecule has 1 aromatic heterocycles. The predicted molar refractivity (Wildman–Crippen MR) is 102 cm³/mol. The maximum atomic E-state index is 12.7. The summed E-state index contributed by atoms with van der Waals surface area (Å²) in [6, 6.07) is 16.6. The van der Waals surface area contributed by atoms with Crippen molar-refractivity contribution in [2.75, 3.05) is 32.6 Å².